The number of esters is 2. The van der Waals surface area contributed by atoms with Crippen LogP contribution in [0, 0.1) is 11.6 Å². The van der Waals surface area contributed by atoms with Gasteiger partial charge in [0, 0.05) is 25.1 Å². The van der Waals surface area contributed by atoms with E-state index in [1.165, 1.54) is 13.8 Å². The van der Waals surface area contributed by atoms with Crippen LogP contribution in [0.3, 0.4) is 0 Å². The molecule has 2 rings (SSSR count). The van der Waals surface area contributed by atoms with E-state index in [-0.39, 0.29) is 10.7 Å². The highest BCUT2D eigenvalue weighted by Crippen LogP contribution is 2.25. The Morgan fingerprint density at radius 2 is 1.76 bits per heavy atom. The summed E-state index contributed by atoms with van der Waals surface area (Å²) in [5.41, 5.74) is -0.813. The number of benzene rings is 1. The largest absolute Gasteiger partial charge is 0.419 e. The SMILES string of the molecule is CC1(C)OC(=O)C(=CNc2cc(Cl)cc(F)c2F)C(=O)O1. The number of hydrogen-bond donors (Lipinski definition) is 1. The number of cyclic esters (lactones) is 2. The van der Waals surface area contributed by atoms with Gasteiger partial charge < -0.3 is 14.8 Å². The molecule has 1 aliphatic heterocycles. The molecule has 0 aliphatic carbocycles. The monoisotopic (exact) mass is 317 g/mol. The van der Waals surface area contributed by atoms with Crippen molar-refractivity contribution in [1.29, 1.82) is 0 Å². The number of carbonyl (C=O) groups excluding carboxylic acids is 2. The molecule has 0 radical (unpaired) electrons. The Bertz CT molecular complexity index is 636. The van der Waals surface area contributed by atoms with Crippen LogP contribution in [-0.4, -0.2) is 17.7 Å². The Morgan fingerprint density at radius 3 is 2.33 bits per heavy atom. The molecular formula is C13H10ClF2NO4. The highest BCUT2D eigenvalue weighted by atomic mass is 35.5. The number of nitrogens with one attached hydrogen (secondary N) is 1. The first-order valence-electron chi connectivity index (χ1n) is 5.77. The highest BCUT2D eigenvalue weighted by molar-refractivity contribution is 6.30. The summed E-state index contributed by atoms with van der Waals surface area (Å²) in [5, 5.41) is 2.24. The molecule has 0 amide bonds. The maximum atomic E-state index is 13.5. The van der Waals surface area contributed by atoms with E-state index < -0.39 is 34.9 Å². The van der Waals surface area contributed by atoms with E-state index in [4.69, 9.17) is 21.1 Å². The van der Waals surface area contributed by atoms with Crippen LogP contribution in [0.1, 0.15) is 13.8 Å². The lowest BCUT2D eigenvalue weighted by Crippen LogP contribution is -2.42. The topological polar surface area (TPSA) is 64.6 Å². The van der Waals surface area contributed by atoms with Crippen LogP contribution in [0.2, 0.25) is 5.02 Å². The van der Waals surface area contributed by atoms with Crippen molar-refractivity contribution in [3.8, 4) is 0 Å². The summed E-state index contributed by atoms with van der Waals surface area (Å²) in [4.78, 5) is 23.3. The molecule has 0 bridgehead atoms. The predicted octanol–water partition coefficient (Wildman–Crippen LogP) is 2.75. The van der Waals surface area contributed by atoms with Gasteiger partial charge in [-0.3, -0.25) is 0 Å². The Kier molecular flexibility index (Phi) is 3.87. The minimum Gasteiger partial charge on any atom is -0.419 e. The fraction of sp³-hybridized carbons (Fsp3) is 0.231. The molecule has 8 heteroatoms. The van der Waals surface area contributed by atoms with Gasteiger partial charge in [-0.1, -0.05) is 11.6 Å². The molecule has 0 saturated carbocycles. The summed E-state index contributed by atoms with van der Waals surface area (Å²) in [6.07, 6.45) is 0.869. The van der Waals surface area contributed by atoms with Crippen molar-refractivity contribution in [2.75, 3.05) is 5.32 Å². The zero-order valence-corrected chi connectivity index (χ0v) is 11.8. The number of hydrogen-bond acceptors (Lipinski definition) is 5. The molecular weight excluding hydrogens is 308 g/mol. The number of carbonyl (C=O) groups is 2. The van der Waals surface area contributed by atoms with Gasteiger partial charge in [0.25, 0.3) is 5.79 Å². The van der Waals surface area contributed by atoms with Gasteiger partial charge in [-0.25, -0.2) is 18.4 Å². The van der Waals surface area contributed by atoms with Crippen molar-refractivity contribution in [2.24, 2.45) is 0 Å². The third-order valence-electron chi connectivity index (χ3n) is 2.48. The van der Waals surface area contributed by atoms with Crippen molar-refractivity contribution < 1.29 is 27.8 Å². The van der Waals surface area contributed by atoms with Crippen LogP contribution >= 0.6 is 11.6 Å². The minimum atomic E-state index is -1.38. The quantitative estimate of drug-likeness (QED) is 0.393. The Morgan fingerprint density at radius 1 is 1.19 bits per heavy atom. The van der Waals surface area contributed by atoms with Gasteiger partial charge in [-0.2, -0.15) is 0 Å². The maximum absolute atomic E-state index is 13.5. The molecule has 0 atom stereocenters. The normalized spacial score (nSPS) is 17.1. The summed E-state index contributed by atoms with van der Waals surface area (Å²) in [7, 11) is 0. The van der Waals surface area contributed by atoms with E-state index in [0.29, 0.717) is 0 Å². The van der Waals surface area contributed by atoms with Gasteiger partial charge in [-0.05, 0) is 12.1 Å². The first-order chi connectivity index (χ1) is 9.69. The molecule has 0 unspecified atom stereocenters. The van der Waals surface area contributed by atoms with Crippen LogP contribution < -0.4 is 5.32 Å². The lowest BCUT2D eigenvalue weighted by molar-refractivity contribution is -0.222. The van der Waals surface area contributed by atoms with E-state index in [1.54, 1.807) is 0 Å². The van der Waals surface area contributed by atoms with Gasteiger partial charge in [0.05, 0.1) is 5.69 Å². The highest BCUT2D eigenvalue weighted by Gasteiger charge is 2.39. The molecule has 1 aromatic rings. The van der Waals surface area contributed by atoms with Crippen LogP contribution in [-0.2, 0) is 19.1 Å². The molecule has 1 N–H and O–H groups in total. The molecule has 1 fully saturated rings. The predicted molar refractivity (Wildman–Crippen MR) is 69.3 cm³/mol. The number of anilines is 1. The Balaban J connectivity index is 2.26. The van der Waals surface area contributed by atoms with Crippen LogP contribution in [0.4, 0.5) is 14.5 Å². The van der Waals surface area contributed by atoms with E-state index in [9.17, 15) is 18.4 Å². The fourth-order valence-electron chi connectivity index (χ4n) is 1.59. The minimum absolute atomic E-state index is 0.0512. The fourth-order valence-corrected chi connectivity index (χ4v) is 1.79. The third-order valence-corrected chi connectivity index (χ3v) is 2.70. The van der Waals surface area contributed by atoms with Gasteiger partial charge in [0.15, 0.2) is 17.2 Å². The molecule has 112 valence electrons. The van der Waals surface area contributed by atoms with Gasteiger partial charge in [0.1, 0.15) is 0 Å². The van der Waals surface area contributed by atoms with Crippen molar-refractivity contribution in [3.63, 3.8) is 0 Å². The van der Waals surface area contributed by atoms with Gasteiger partial charge >= 0.3 is 11.9 Å². The summed E-state index contributed by atoms with van der Waals surface area (Å²) < 4.78 is 36.3. The standard InChI is InChI=1S/C13H10ClF2NO4/c1-13(2)20-11(18)7(12(19)21-13)5-17-9-4-6(14)3-8(15)10(9)16/h3-5,17H,1-2H3. The number of rotatable bonds is 2. The molecule has 1 saturated heterocycles. The lowest BCUT2D eigenvalue weighted by Gasteiger charge is -2.29. The van der Waals surface area contributed by atoms with E-state index in [0.717, 1.165) is 18.3 Å². The first-order valence-corrected chi connectivity index (χ1v) is 6.15. The van der Waals surface area contributed by atoms with Gasteiger partial charge in [-0.15, -0.1) is 0 Å². The summed E-state index contributed by atoms with van der Waals surface area (Å²) in [6.45, 7) is 2.78. The summed E-state index contributed by atoms with van der Waals surface area (Å²) >= 11 is 5.59. The van der Waals surface area contributed by atoms with Gasteiger partial charge in [0.2, 0.25) is 0 Å². The zero-order valence-electron chi connectivity index (χ0n) is 11.0. The van der Waals surface area contributed by atoms with Crippen molar-refractivity contribution >= 4 is 29.2 Å². The van der Waals surface area contributed by atoms with E-state index in [2.05, 4.69) is 5.32 Å². The number of ether oxygens (including phenoxy) is 2. The first kappa shape index (κ1) is 15.2. The molecule has 1 heterocycles. The second-order valence-electron chi connectivity index (χ2n) is 4.63. The van der Waals surface area contributed by atoms with Crippen molar-refractivity contribution in [2.45, 2.75) is 19.6 Å². The average molecular weight is 318 g/mol. The molecule has 1 aromatic carbocycles. The maximum Gasteiger partial charge on any atom is 0.350 e. The molecule has 0 aromatic heterocycles. The number of halogens is 3. The van der Waals surface area contributed by atoms with Crippen LogP contribution in [0.5, 0.6) is 0 Å². The molecule has 0 spiro atoms. The van der Waals surface area contributed by atoms with Crippen molar-refractivity contribution in [1.82, 2.24) is 0 Å². The lowest BCUT2D eigenvalue weighted by atomic mass is 10.2. The smallest absolute Gasteiger partial charge is 0.350 e. The summed E-state index contributed by atoms with van der Waals surface area (Å²) in [6, 6.07) is 1.89. The second-order valence-corrected chi connectivity index (χ2v) is 5.07. The molecule has 21 heavy (non-hydrogen) atoms. The van der Waals surface area contributed by atoms with Crippen LogP contribution in [0.25, 0.3) is 0 Å². The zero-order chi connectivity index (χ0) is 15.8. The Hall–Kier alpha value is -2.15. The van der Waals surface area contributed by atoms with Crippen LogP contribution in [0.15, 0.2) is 23.9 Å². The van der Waals surface area contributed by atoms with E-state index >= 15 is 0 Å². The Labute approximate surface area is 123 Å². The summed E-state index contributed by atoms with van der Waals surface area (Å²) in [5.74, 6) is -5.62. The molecule has 5 nitrogen and oxygen atoms in total. The average Bonchev–Trinajstić information content (AvgIpc) is 2.32. The van der Waals surface area contributed by atoms with E-state index in [1.807, 2.05) is 0 Å². The van der Waals surface area contributed by atoms with Crippen molar-refractivity contribution in [3.05, 3.63) is 40.6 Å². The third kappa shape index (κ3) is 3.30. The molecule has 1 aliphatic rings. The second kappa shape index (κ2) is 5.33.